The second kappa shape index (κ2) is 8.32. The number of nitrogens with zero attached hydrogens (tertiary/aromatic N) is 3. The molecule has 27 heavy (non-hydrogen) atoms. The number of amides is 1. The fraction of sp³-hybridized carbons (Fsp3) is 0.111. The van der Waals surface area contributed by atoms with Crippen molar-refractivity contribution < 1.29 is 14.0 Å². The number of benzene rings is 2. The summed E-state index contributed by atoms with van der Waals surface area (Å²) in [6.45, 7) is 1.37. The summed E-state index contributed by atoms with van der Waals surface area (Å²) in [7, 11) is 0. The van der Waals surface area contributed by atoms with Crippen molar-refractivity contribution in [1.29, 1.82) is 0 Å². The van der Waals surface area contributed by atoms with Crippen LogP contribution in [0.4, 0.5) is 10.1 Å². The number of rotatable bonds is 6. The number of nitrogens with one attached hydrogen (secondary N) is 1. The van der Waals surface area contributed by atoms with E-state index < -0.39 is 5.82 Å². The average Bonchev–Trinajstić information content (AvgIpc) is 3.15. The lowest BCUT2D eigenvalue weighted by Crippen LogP contribution is -2.16. The third-order valence-corrected chi connectivity index (χ3v) is 4.88. The Morgan fingerprint density at radius 3 is 2.74 bits per heavy atom. The van der Waals surface area contributed by atoms with Crippen LogP contribution in [0.3, 0.4) is 0 Å². The first kappa shape index (κ1) is 19.1. The normalized spacial score (nSPS) is 10.6. The fourth-order valence-electron chi connectivity index (χ4n) is 2.31. The molecule has 0 atom stereocenters. The third kappa shape index (κ3) is 4.72. The molecule has 1 amide bonds. The second-order valence-electron chi connectivity index (χ2n) is 5.54. The largest absolute Gasteiger partial charge is 0.323 e. The van der Waals surface area contributed by atoms with Crippen LogP contribution in [-0.2, 0) is 4.79 Å². The summed E-state index contributed by atoms with van der Waals surface area (Å²) in [6.07, 6.45) is 2.88. The van der Waals surface area contributed by atoms with Gasteiger partial charge in [-0.25, -0.2) is 14.1 Å². The van der Waals surface area contributed by atoms with Gasteiger partial charge in [-0.15, -0.1) is 11.8 Å². The van der Waals surface area contributed by atoms with Gasteiger partial charge in [-0.2, -0.15) is 5.10 Å². The van der Waals surface area contributed by atoms with Crippen molar-refractivity contribution in [1.82, 2.24) is 14.8 Å². The SMILES string of the molecule is CC(=O)c1ccc(SCC(=O)Nc2cc(Cl)ccc2-n2cncn2)c(F)c1. The summed E-state index contributed by atoms with van der Waals surface area (Å²) < 4.78 is 15.5. The van der Waals surface area contributed by atoms with Gasteiger partial charge >= 0.3 is 0 Å². The van der Waals surface area contributed by atoms with Crippen molar-refractivity contribution in [3.8, 4) is 5.69 Å². The van der Waals surface area contributed by atoms with Gasteiger partial charge in [0.2, 0.25) is 5.91 Å². The van der Waals surface area contributed by atoms with E-state index in [2.05, 4.69) is 15.4 Å². The Bertz CT molecular complexity index is 995. The summed E-state index contributed by atoms with van der Waals surface area (Å²) in [5.74, 6) is -1.10. The van der Waals surface area contributed by atoms with Crippen LogP contribution in [0, 0.1) is 5.82 Å². The molecule has 0 bridgehead atoms. The molecule has 1 heterocycles. The van der Waals surface area contributed by atoms with Gasteiger partial charge in [-0.05, 0) is 37.3 Å². The summed E-state index contributed by atoms with van der Waals surface area (Å²) in [5.41, 5.74) is 1.36. The highest BCUT2D eigenvalue weighted by Gasteiger charge is 2.13. The zero-order valence-corrected chi connectivity index (χ0v) is 15.7. The topological polar surface area (TPSA) is 76.9 Å². The lowest BCUT2D eigenvalue weighted by molar-refractivity contribution is -0.113. The van der Waals surface area contributed by atoms with Gasteiger partial charge in [0.1, 0.15) is 18.5 Å². The molecular formula is C18H14ClFN4O2S. The van der Waals surface area contributed by atoms with E-state index in [9.17, 15) is 14.0 Å². The van der Waals surface area contributed by atoms with Gasteiger partial charge in [0, 0.05) is 15.5 Å². The number of carbonyl (C=O) groups is 2. The number of hydrogen-bond acceptors (Lipinski definition) is 5. The molecule has 1 aromatic heterocycles. The molecule has 0 saturated heterocycles. The minimum absolute atomic E-state index is 0.0142. The Hall–Kier alpha value is -2.71. The molecule has 0 radical (unpaired) electrons. The number of Topliss-reactive ketones (excluding diaryl/α,β-unsaturated/α-hetero) is 1. The maximum Gasteiger partial charge on any atom is 0.234 e. The van der Waals surface area contributed by atoms with E-state index >= 15 is 0 Å². The van der Waals surface area contributed by atoms with E-state index in [0.717, 1.165) is 11.8 Å². The van der Waals surface area contributed by atoms with E-state index in [0.29, 0.717) is 16.4 Å². The van der Waals surface area contributed by atoms with Crippen molar-refractivity contribution in [2.24, 2.45) is 0 Å². The first-order chi connectivity index (χ1) is 12.9. The zero-order valence-electron chi connectivity index (χ0n) is 14.1. The predicted octanol–water partition coefficient (Wildman–Crippen LogP) is 3.99. The van der Waals surface area contributed by atoms with E-state index in [1.54, 1.807) is 18.2 Å². The number of anilines is 1. The minimum Gasteiger partial charge on any atom is -0.323 e. The molecule has 0 aliphatic rings. The molecule has 3 rings (SSSR count). The quantitative estimate of drug-likeness (QED) is 0.496. The molecule has 0 spiro atoms. The predicted molar refractivity (Wildman–Crippen MR) is 102 cm³/mol. The summed E-state index contributed by atoms with van der Waals surface area (Å²) >= 11 is 7.05. The Balaban J connectivity index is 1.70. The van der Waals surface area contributed by atoms with Crippen molar-refractivity contribution >= 4 is 40.7 Å². The minimum atomic E-state index is -0.536. The maximum atomic E-state index is 14.0. The third-order valence-electron chi connectivity index (χ3n) is 3.60. The lowest BCUT2D eigenvalue weighted by Gasteiger charge is -2.11. The number of hydrogen-bond donors (Lipinski definition) is 1. The highest BCUT2D eigenvalue weighted by molar-refractivity contribution is 8.00. The standard InChI is InChI=1S/C18H14ClFN4O2S/c1-11(25)12-2-5-17(14(20)6-12)27-8-18(26)23-15-7-13(19)3-4-16(15)24-10-21-9-22-24/h2-7,9-10H,8H2,1H3,(H,23,26). The van der Waals surface area contributed by atoms with Crippen LogP contribution < -0.4 is 5.32 Å². The molecule has 9 heteroatoms. The van der Waals surface area contributed by atoms with Gasteiger partial charge in [0.25, 0.3) is 0 Å². The average molecular weight is 405 g/mol. The van der Waals surface area contributed by atoms with Gasteiger partial charge in [-0.1, -0.05) is 17.7 Å². The van der Waals surface area contributed by atoms with Crippen LogP contribution in [0.2, 0.25) is 5.02 Å². The van der Waals surface area contributed by atoms with E-state index in [1.165, 1.54) is 42.5 Å². The van der Waals surface area contributed by atoms with E-state index in [-0.39, 0.29) is 27.9 Å². The van der Waals surface area contributed by atoms with Crippen LogP contribution >= 0.6 is 23.4 Å². The molecule has 138 valence electrons. The van der Waals surface area contributed by atoms with Crippen molar-refractivity contribution in [2.75, 3.05) is 11.1 Å². The smallest absolute Gasteiger partial charge is 0.234 e. The van der Waals surface area contributed by atoms with Crippen LogP contribution in [0.15, 0.2) is 53.9 Å². The number of carbonyl (C=O) groups excluding carboxylic acids is 2. The highest BCUT2D eigenvalue weighted by atomic mass is 35.5. The Kier molecular flexibility index (Phi) is 5.88. The van der Waals surface area contributed by atoms with Crippen LogP contribution in [0.25, 0.3) is 5.69 Å². The van der Waals surface area contributed by atoms with Crippen molar-refractivity contribution in [2.45, 2.75) is 11.8 Å². The first-order valence-electron chi connectivity index (χ1n) is 7.82. The Morgan fingerprint density at radius 2 is 2.07 bits per heavy atom. The van der Waals surface area contributed by atoms with Crippen LogP contribution in [0.1, 0.15) is 17.3 Å². The number of aromatic nitrogens is 3. The maximum absolute atomic E-state index is 14.0. The van der Waals surface area contributed by atoms with Gasteiger partial charge < -0.3 is 5.32 Å². The molecule has 0 aliphatic carbocycles. The van der Waals surface area contributed by atoms with E-state index in [4.69, 9.17) is 11.6 Å². The molecule has 3 aromatic rings. The van der Waals surface area contributed by atoms with Gasteiger partial charge in [0.05, 0.1) is 17.1 Å². The number of halogens is 2. The van der Waals surface area contributed by atoms with E-state index in [1.807, 2.05) is 0 Å². The van der Waals surface area contributed by atoms with Crippen molar-refractivity contribution in [3.05, 3.63) is 65.5 Å². The Labute approximate surface area is 163 Å². The lowest BCUT2D eigenvalue weighted by atomic mass is 10.1. The molecule has 0 fully saturated rings. The first-order valence-corrected chi connectivity index (χ1v) is 9.18. The molecule has 0 unspecified atom stereocenters. The monoisotopic (exact) mass is 404 g/mol. The van der Waals surface area contributed by atoms with Crippen molar-refractivity contribution in [3.63, 3.8) is 0 Å². The molecule has 6 nitrogen and oxygen atoms in total. The summed E-state index contributed by atoms with van der Waals surface area (Å²) in [4.78, 5) is 27.8. The second-order valence-corrected chi connectivity index (χ2v) is 6.99. The summed E-state index contributed by atoms with van der Waals surface area (Å²) in [5, 5.41) is 7.24. The molecule has 1 N–H and O–H groups in total. The highest BCUT2D eigenvalue weighted by Crippen LogP contribution is 2.26. The molecule has 2 aromatic carbocycles. The summed E-state index contributed by atoms with van der Waals surface area (Å²) in [6, 6.07) is 9.18. The van der Waals surface area contributed by atoms with Crippen LogP contribution in [0.5, 0.6) is 0 Å². The molecule has 0 saturated carbocycles. The Morgan fingerprint density at radius 1 is 1.26 bits per heavy atom. The number of thioether (sulfide) groups is 1. The molecule has 0 aliphatic heterocycles. The van der Waals surface area contributed by atoms with Crippen LogP contribution in [-0.4, -0.2) is 32.2 Å². The number of ketones is 1. The van der Waals surface area contributed by atoms with Gasteiger partial charge in [0.15, 0.2) is 5.78 Å². The zero-order chi connectivity index (χ0) is 19.4. The fourth-order valence-corrected chi connectivity index (χ4v) is 3.20. The van der Waals surface area contributed by atoms with Gasteiger partial charge in [-0.3, -0.25) is 9.59 Å². The molecular weight excluding hydrogens is 391 g/mol.